The fraction of sp³-hybridized carbons (Fsp3) is 0.500. The lowest BCUT2D eigenvalue weighted by atomic mass is 10.2. The SMILES string of the molecule is COCCNCC(=O)N(C)Cc1cccnc1. The van der Waals surface area contributed by atoms with Gasteiger partial charge in [0.1, 0.15) is 0 Å². The van der Waals surface area contributed by atoms with E-state index in [-0.39, 0.29) is 5.91 Å². The molecule has 0 aliphatic carbocycles. The number of likely N-dealkylation sites (N-methyl/N-ethyl adjacent to an activating group) is 1. The summed E-state index contributed by atoms with van der Waals surface area (Å²) in [7, 11) is 3.42. The summed E-state index contributed by atoms with van der Waals surface area (Å²) >= 11 is 0. The molecule has 0 spiro atoms. The summed E-state index contributed by atoms with van der Waals surface area (Å²) in [6.45, 7) is 2.21. The quantitative estimate of drug-likeness (QED) is 0.692. The largest absolute Gasteiger partial charge is 0.383 e. The predicted molar refractivity (Wildman–Crippen MR) is 65.5 cm³/mol. The van der Waals surface area contributed by atoms with Gasteiger partial charge in [0.15, 0.2) is 0 Å². The van der Waals surface area contributed by atoms with E-state index in [0.29, 0.717) is 26.2 Å². The Labute approximate surface area is 102 Å². The second kappa shape index (κ2) is 7.76. The molecule has 0 saturated heterocycles. The van der Waals surface area contributed by atoms with Gasteiger partial charge in [0.2, 0.25) is 5.91 Å². The fourth-order valence-corrected chi connectivity index (χ4v) is 1.36. The van der Waals surface area contributed by atoms with Crippen molar-refractivity contribution in [1.29, 1.82) is 0 Å². The standard InChI is InChI=1S/C12H19N3O2/c1-15(10-11-4-3-5-13-8-11)12(16)9-14-6-7-17-2/h3-5,8,14H,6-7,9-10H2,1-2H3. The van der Waals surface area contributed by atoms with E-state index in [1.54, 1.807) is 31.5 Å². The zero-order valence-corrected chi connectivity index (χ0v) is 10.3. The summed E-state index contributed by atoms with van der Waals surface area (Å²) in [5.41, 5.74) is 1.03. The maximum absolute atomic E-state index is 11.7. The first-order valence-electron chi connectivity index (χ1n) is 5.56. The van der Waals surface area contributed by atoms with Crippen LogP contribution in [0.1, 0.15) is 5.56 Å². The van der Waals surface area contributed by atoms with Crippen LogP contribution in [0.5, 0.6) is 0 Å². The Morgan fingerprint density at radius 1 is 1.59 bits per heavy atom. The number of nitrogens with zero attached hydrogens (tertiary/aromatic N) is 2. The lowest BCUT2D eigenvalue weighted by Gasteiger charge is -2.17. The van der Waals surface area contributed by atoms with Gasteiger partial charge in [-0.15, -0.1) is 0 Å². The monoisotopic (exact) mass is 237 g/mol. The van der Waals surface area contributed by atoms with E-state index >= 15 is 0 Å². The molecule has 0 aliphatic rings. The van der Waals surface area contributed by atoms with Crippen LogP contribution in [0.4, 0.5) is 0 Å². The molecule has 1 aromatic heterocycles. The Bertz CT molecular complexity index is 330. The van der Waals surface area contributed by atoms with Gasteiger partial charge in [-0.2, -0.15) is 0 Å². The number of carbonyl (C=O) groups is 1. The topological polar surface area (TPSA) is 54.5 Å². The number of ether oxygens (including phenoxy) is 1. The average molecular weight is 237 g/mol. The molecule has 0 aliphatic heterocycles. The predicted octanol–water partition coefficient (Wildman–Crippen LogP) is 0.276. The van der Waals surface area contributed by atoms with E-state index in [2.05, 4.69) is 10.3 Å². The molecule has 0 bridgehead atoms. The van der Waals surface area contributed by atoms with Crippen molar-refractivity contribution < 1.29 is 9.53 Å². The van der Waals surface area contributed by atoms with E-state index in [0.717, 1.165) is 5.56 Å². The van der Waals surface area contributed by atoms with E-state index in [9.17, 15) is 4.79 Å². The van der Waals surface area contributed by atoms with E-state index in [4.69, 9.17) is 4.74 Å². The fourth-order valence-electron chi connectivity index (χ4n) is 1.36. The number of amides is 1. The molecule has 0 aromatic carbocycles. The molecule has 0 atom stereocenters. The molecule has 1 amide bonds. The highest BCUT2D eigenvalue weighted by Gasteiger charge is 2.08. The average Bonchev–Trinajstić information content (AvgIpc) is 2.35. The third-order valence-corrected chi connectivity index (χ3v) is 2.33. The highest BCUT2D eigenvalue weighted by molar-refractivity contribution is 5.77. The van der Waals surface area contributed by atoms with Crippen molar-refractivity contribution >= 4 is 5.91 Å². The normalized spacial score (nSPS) is 10.2. The summed E-state index contributed by atoms with van der Waals surface area (Å²) in [5, 5.41) is 3.02. The van der Waals surface area contributed by atoms with Crippen molar-refractivity contribution in [2.45, 2.75) is 6.54 Å². The summed E-state index contributed by atoms with van der Waals surface area (Å²) in [4.78, 5) is 17.4. The summed E-state index contributed by atoms with van der Waals surface area (Å²) < 4.78 is 4.88. The van der Waals surface area contributed by atoms with Crippen molar-refractivity contribution in [3.05, 3.63) is 30.1 Å². The maximum atomic E-state index is 11.7. The second-order valence-corrected chi connectivity index (χ2v) is 3.78. The summed E-state index contributed by atoms with van der Waals surface area (Å²) in [5.74, 6) is 0.0601. The van der Waals surface area contributed by atoms with Gasteiger partial charge in [-0.1, -0.05) is 6.07 Å². The van der Waals surface area contributed by atoms with Crippen LogP contribution in [-0.4, -0.2) is 49.6 Å². The number of methoxy groups -OCH3 is 1. The van der Waals surface area contributed by atoms with Gasteiger partial charge in [-0.3, -0.25) is 9.78 Å². The maximum Gasteiger partial charge on any atom is 0.236 e. The summed E-state index contributed by atoms with van der Waals surface area (Å²) in [6.07, 6.45) is 3.49. The van der Waals surface area contributed by atoms with Gasteiger partial charge in [0.25, 0.3) is 0 Å². The van der Waals surface area contributed by atoms with Crippen molar-refractivity contribution in [2.24, 2.45) is 0 Å². The Balaban J connectivity index is 2.27. The van der Waals surface area contributed by atoms with Crippen molar-refractivity contribution in [3.63, 3.8) is 0 Å². The molecule has 1 heterocycles. The first-order valence-corrected chi connectivity index (χ1v) is 5.56. The van der Waals surface area contributed by atoms with Crippen LogP contribution in [0.3, 0.4) is 0 Å². The zero-order valence-electron chi connectivity index (χ0n) is 10.3. The zero-order chi connectivity index (χ0) is 12.5. The number of nitrogens with one attached hydrogen (secondary N) is 1. The minimum Gasteiger partial charge on any atom is -0.383 e. The number of hydrogen-bond acceptors (Lipinski definition) is 4. The molecule has 0 unspecified atom stereocenters. The van der Waals surface area contributed by atoms with E-state index < -0.39 is 0 Å². The summed E-state index contributed by atoms with van der Waals surface area (Å²) in [6, 6.07) is 3.82. The molecular formula is C12H19N3O2. The van der Waals surface area contributed by atoms with Gasteiger partial charge >= 0.3 is 0 Å². The Hall–Kier alpha value is -1.46. The molecule has 1 N–H and O–H groups in total. The van der Waals surface area contributed by atoms with Crippen LogP contribution in [0.15, 0.2) is 24.5 Å². The number of rotatable bonds is 7. The molecule has 5 nitrogen and oxygen atoms in total. The smallest absolute Gasteiger partial charge is 0.236 e. The third kappa shape index (κ3) is 5.42. The Morgan fingerprint density at radius 2 is 2.41 bits per heavy atom. The van der Waals surface area contributed by atoms with Crippen LogP contribution in [0, 0.1) is 0 Å². The first-order chi connectivity index (χ1) is 8.24. The van der Waals surface area contributed by atoms with Crippen LogP contribution in [0.2, 0.25) is 0 Å². The third-order valence-electron chi connectivity index (χ3n) is 2.33. The van der Waals surface area contributed by atoms with Crippen LogP contribution in [0.25, 0.3) is 0 Å². The minimum absolute atomic E-state index is 0.0601. The molecule has 17 heavy (non-hydrogen) atoms. The molecule has 1 aromatic rings. The number of hydrogen-bond donors (Lipinski definition) is 1. The van der Waals surface area contributed by atoms with Gasteiger partial charge in [-0.05, 0) is 11.6 Å². The van der Waals surface area contributed by atoms with Crippen molar-refractivity contribution in [2.75, 3.05) is 33.9 Å². The molecule has 0 radical (unpaired) electrons. The molecule has 0 fully saturated rings. The molecule has 94 valence electrons. The minimum atomic E-state index is 0.0601. The van der Waals surface area contributed by atoms with Crippen LogP contribution in [-0.2, 0) is 16.1 Å². The molecule has 5 heteroatoms. The van der Waals surface area contributed by atoms with Crippen LogP contribution >= 0.6 is 0 Å². The van der Waals surface area contributed by atoms with Gasteiger partial charge in [-0.25, -0.2) is 0 Å². The number of pyridine rings is 1. The highest BCUT2D eigenvalue weighted by atomic mass is 16.5. The van der Waals surface area contributed by atoms with E-state index in [1.807, 2.05) is 12.1 Å². The Kier molecular flexibility index (Phi) is 6.21. The van der Waals surface area contributed by atoms with Gasteiger partial charge < -0.3 is 15.0 Å². The first kappa shape index (κ1) is 13.6. The van der Waals surface area contributed by atoms with Crippen molar-refractivity contribution in [1.82, 2.24) is 15.2 Å². The highest BCUT2D eigenvalue weighted by Crippen LogP contribution is 2.00. The second-order valence-electron chi connectivity index (χ2n) is 3.78. The Morgan fingerprint density at radius 3 is 3.06 bits per heavy atom. The molecular weight excluding hydrogens is 218 g/mol. The van der Waals surface area contributed by atoms with Crippen LogP contribution < -0.4 is 5.32 Å². The van der Waals surface area contributed by atoms with Gasteiger partial charge in [0.05, 0.1) is 13.2 Å². The lowest BCUT2D eigenvalue weighted by Crippen LogP contribution is -2.36. The van der Waals surface area contributed by atoms with E-state index in [1.165, 1.54) is 0 Å². The lowest BCUT2D eigenvalue weighted by molar-refractivity contribution is -0.129. The molecule has 0 saturated carbocycles. The number of aromatic nitrogens is 1. The molecule has 1 rings (SSSR count). The number of carbonyl (C=O) groups excluding carboxylic acids is 1. The van der Waals surface area contributed by atoms with Crippen molar-refractivity contribution in [3.8, 4) is 0 Å². The van der Waals surface area contributed by atoms with Gasteiger partial charge in [0, 0.05) is 39.6 Å².